The van der Waals surface area contributed by atoms with Gasteiger partial charge >= 0.3 is 5.97 Å². The molecule has 3 heteroatoms. The predicted molar refractivity (Wildman–Crippen MR) is 92.0 cm³/mol. The number of fused-ring (bicyclic) bond motifs is 1. The van der Waals surface area contributed by atoms with Gasteiger partial charge in [0.25, 0.3) is 0 Å². The number of benzene rings is 1. The molecule has 0 amide bonds. The Balaban J connectivity index is 2.87. The molecule has 0 aliphatic carbocycles. The summed E-state index contributed by atoms with van der Waals surface area (Å²) in [6.07, 6.45) is 3.02. The van der Waals surface area contributed by atoms with E-state index in [0.29, 0.717) is 11.5 Å². The van der Waals surface area contributed by atoms with Crippen molar-refractivity contribution in [1.82, 2.24) is 4.57 Å². The highest BCUT2D eigenvalue weighted by atomic mass is 16.4. The van der Waals surface area contributed by atoms with Crippen molar-refractivity contribution < 1.29 is 9.90 Å². The van der Waals surface area contributed by atoms with Crippen molar-refractivity contribution in [3.63, 3.8) is 0 Å². The summed E-state index contributed by atoms with van der Waals surface area (Å²) in [5.74, 6) is -0.440. The zero-order chi connectivity index (χ0) is 16.4. The second-order valence-electron chi connectivity index (χ2n) is 6.36. The predicted octanol–water partition coefficient (Wildman–Crippen LogP) is 5.13. The van der Waals surface area contributed by atoms with E-state index in [1.807, 2.05) is 6.07 Å². The van der Waals surface area contributed by atoms with Gasteiger partial charge in [-0.05, 0) is 48.9 Å². The number of aromatic nitrogens is 1. The number of carboxylic acids is 1. The average Bonchev–Trinajstić information content (AvgIpc) is 2.75. The summed E-state index contributed by atoms with van der Waals surface area (Å²) in [7, 11) is 0. The molecule has 0 aliphatic heterocycles. The van der Waals surface area contributed by atoms with Crippen molar-refractivity contribution in [2.75, 3.05) is 0 Å². The van der Waals surface area contributed by atoms with E-state index in [9.17, 15) is 9.90 Å². The maximum atomic E-state index is 11.8. The van der Waals surface area contributed by atoms with Gasteiger partial charge in [-0.15, -0.1) is 0 Å². The largest absolute Gasteiger partial charge is 0.478 e. The molecule has 1 N–H and O–H groups in total. The summed E-state index contributed by atoms with van der Waals surface area (Å²) in [5.41, 5.74) is 4.96. The molecule has 0 spiro atoms. The molecule has 1 heterocycles. The smallest absolute Gasteiger partial charge is 0.337 e. The highest BCUT2D eigenvalue weighted by Gasteiger charge is 2.22. The number of rotatable bonds is 6. The summed E-state index contributed by atoms with van der Waals surface area (Å²) < 4.78 is 2.22. The normalized spacial score (nSPS) is 11.5. The number of hydrogen-bond donors (Lipinski definition) is 1. The minimum atomic E-state index is -0.828. The van der Waals surface area contributed by atoms with Crippen molar-refractivity contribution >= 4 is 16.9 Å². The van der Waals surface area contributed by atoms with Crippen LogP contribution in [0.5, 0.6) is 0 Å². The van der Waals surface area contributed by atoms with Crippen molar-refractivity contribution in [3.8, 4) is 0 Å². The molecule has 0 fully saturated rings. The SMILES string of the molecule is CCCCn1c(C)c(C(C)C)c2cc(CC)cc(C(=O)O)c21. The molecule has 22 heavy (non-hydrogen) atoms. The molecule has 0 radical (unpaired) electrons. The van der Waals surface area contributed by atoms with E-state index in [0.717, 1.165) is 42.3 Å². The second-order valence-corrected chi connectivity index (χ2v) is 6.36. The molecule has 0 saturated carbocycles. The maximum absolute atomic E-state index is 11.8. The Labute approximate surface area is 133 Å². The molecule has 1 aromatic carbocycles. The second kappa shape index (κ2) is 6.55. The lowest BCUT2D eigenvalue weighted by Crippen LogP contribution is -2.06. The van der Waals surface area contributed by atoms with E-state index in [1.165, 1.54) is 11.3 Å². The molecule has 0 aliphatic rings. The summed E-state index contributed by atoms with van der Waals surface area (Å²) in [6.45, 7) is 11.6. The summed E-state index contributed by atoms with van der Waals surface area (Å²) in [4.78, 5) is 11.8. The van der Waals surface area contributed by atoms with Gasteiger partial charge in [-0.25, -0.2) is 4.79 Å². The molecule has 120 valence electrons. The van der Waals surface area contributed by atoms with Crippen LogP contribution in [0.1, 0.15) is 73.6 Å². The molecule has 2 aromatic rings. The van der Waals surface area contributed by atoms with E-state index in [-0.39, 0.29) is 0 Å². The standard InChI is InChI=1S/C19H27NO2/c1-6-8-9-20-13(5)17(12(3)4)15-10-14(7-2)11-16(18(15)20)19(21)22/h10-12H,6-9H2,1-5H3,(H,21,22). The quantitative estimate of drug-likeness (QED) is 0.803. The zero-order valence-corrected chi connectivity index (χ0v) is 14.4. The van der Waals surface area contributed by atoms with Crippen LogP contribution in [-0.2, 0) is 13.0 Å². The molecule has 0 saturated heterocycles. The highest BCUT2D eigenvalue weighted by molar-refractivity contribution is 6.04. The van der Waals surface area contributed by atoms with E-state index >= 15 is 0 Å². The molecular weight excluding hydrogens is 274 g/mol. The van der Waals surface area contributed by atoms with Gasteiger partial charge in [-0.1, -0.05) is 34.1 Å². The molecule has 0 unspecified atom stereocenters. The number of aryl methyl sites for hydroxylation is 2. The number of nitrogens with zero attached hydrogens (tertiary/aromatic N) is 1. The number of hydrogen-bond acceptors (Lipinski definition) is 1. The van der Waals surface area contributed by atoms with Crippen molar-refractivity contribution in [2.45, 2.75) is 66.3 Å². The van der Waals surface area contributed by atoms with Gasteiger partial charge in [0.05, 0.1) is 11.1 Å². The fraction of sp³-hybridized carbons (Fsp3) is 0.526. The van der Waals surface area contributed by atoms with Crippen LogP contribution >= 0.6 is 0 Å². The fourth-order valence-corrected chi connectivity index (χ4v) is 3.39. The Hall–Kier alpha value is -1.77. The monoisotopic (exact) mass is 301 g/mol. The Morgan fingerprint density at radius 1 is 1.27 bits per heavy atom. The lowest BCUT2D eigenvalue weighted by molar-refractivity contribution is 0.0698. The van der Waals surface area contributed by atoms with Crippen LogP contribution in [0.2, 0.25) is 0 Å². The van der Waals surface area contributed by atoms with Crippen LogP contribution in [0.3, 0.4) is 0 Å². The number of carboxylic acid groups (broad SMARTS) is 1. The summed E-state index contributed by atoms with van der Waals surface area (Å²) in [5, 5.41) is 10.8. The minimum absolute atomic E-state index is 0.388. The molecule has 1 aromatic heterocycles. The number of carbonyl (C=O) groups is 1. The lowest BCUT2D eigenvalue weighted by Gasteiger charge is -2.10. The summed E-state index contributed by atoms with van der Waals surface area (Å²) in [6, 6.07) is 4.03. The van der Waals surface area contributed by atoms with E-state index < -0.39 is 5.97 Å². The fourth-order valence-electron chi connectivity index (χ4n) is 3.39. The van der Waals surface area contributed by atoms with Crippen LogP contribution in [0.15, 0.2) is 12.1 Å². The van der Waals surface area contributed by atoms with Gasteiger partial charge in [0, 0.05) is 17.6 Å². The Morgan fingerprint density at radius 3 is 2.45 bits per heavy atom. The Morgan fingerprint density at radius 2 is 1.95 bits per heavy atom. The molecule has 2 rings (SSSR count). The van der Waals surface area contributed by atoms with Crippen molar-refractivity contribution in [2.24, 2.45) is 0 Å². The van der Waals surface area contributed by atoms with Gasteiger partial charge in [0.1, 0.15) is 0 Å². The van der Waals surface area contributed by atoms with E-state index in [1.54, 1.807) is 0 Å². The third-order valence-corrected chi connectivity index (χ3v) is 4.48. The maximum Gasteiger partial charge on any atom is 0.337 e. The topological polar surface area (TPSA) is 42.2 Å². The first-order valence-electron chi connectivity index (χ1n) is 8.31. The van der Waals surface area contributed by atoms with E-state index in [2.05, 4.69) is 45.3 Å². The van der Waals surface area contributed by atoms with Crippen LogP contribution in [0, 0.1) is 6.92 Å². The first-order valence-corrected chi connectivity index (χ1v) is 8.31. The van der Waals surface area contributed by atoms with Crippen LogP contribution in [0.25, 0.3) is 10.9 Å². The first kappa shape index (κ1) is 16.6. The van der Waals surface area contributed by atoms with Crippen LogP contribution in [0.4, 0.5) is 0 Å². The lowest BCUT2D eigenvalue weighted by atomic mass is 9.96. The van der Waals surface area contributed by atoms with E-state index in [4.69, 9.17) is 0 Å². The molecule has 0 bridgehead atoms. The van der Waals surface area contributed by atoms with Gasteiger partial charge in [0.15, 0.2) is 0 Å². The number of aromatic carboxylic acids is 1. The van der Waals surface area contributed by atoms with Gasteiger partial charge in [-0.2, -0.15) is 0 Å². The third kappa shape index (κ3) is 2.77. The number of unbranched alkanes of at least 4 members (excludes halogenated alkanes) is 1. The highest BCUT2D eigenvalue weighted by Crippen LogP contribution is 2.35. The summed E-state index contributed by atoms with van der Waals surface area (Å²) >= 11 is 0. The van der Waals surface area contributed by atoms with Gasteiger partial charge in [-0.3, -0.25) is 0 Å². The van der Waals surface area contributed by atoms with Crippen LogP contribution in [-0.4, -0.2) is 15.6 Å². The molecule has 0 atom stereocenters. The molecular formula is C19H27NO2. The van der Waals surface area contributed by atoms with Gasteiger partial charge < -0.3 is 9.67 Å². The Bertz CT molecular complexity index is 695. The minimum Gasteiger partial charge on any atom is -0.478 e. The van der Waals surface area contributed by atoms with Crippen molar-refractivity contribution in [1.29, 1.82) is 0 Å². The van der Waals surface area contributed by atoms with Crippen molar-refractivity contribution in [3.05, 3.63) is 34.5 Å². The Kier molecular flexibility index (Phi) is 4.94. The zero-order valence-electron chi connectivity index (χ0n) is 14.4. The average molecular weight is 301 g/mol. The third-order valence-electron chi connectivity index (χ3n) is 4.48. The molecule has 3 nitrogen and oxygen atoms in total. The van der Waals surface area contributed by atoms with Crippen LogP contribution < -0.4 is 0 Å². The van der Waals surface area contributed by atoms with Gasteiger partial charge in [0.2, 0.25) is 0 Å². The first-order chi connectivity index (χ1) is 10.4.